The zero-order valence-corrected chi connectivity index (χ0v) is 21.7. The average Bonchev–Trinajstić information content (AvgIpc) is 3.15. The summed E-state index contributed by atoms with van der Waals surface area (Å²) in [5.74, 6) is 0.756. The molecule has 0 radical (unpaired) electrons. The second-order valence-corrected chi connectivity index (χ2v) is 10.6. The molecule has 2 fully saturated rings. The molecule has 0 spiro atoms. The molecule has 6 heteroatoms. The Morgan fingerprint density at radius 3 is 2.60 bits per heavy atom. The van der Waals surface area contributed by atoms with Crippen LogP contribution in [0.3, 0.4) is 0 Å². The predicted molar refractivity (Wildman–Crippen MR) is 146 cm³/mol. The lowest BCUT2D eigenvalue weighted by molar-refractivity contribution is 0.269. The van der Waals surface area contributed by atoms with Gasteiger partial charge in [0.15, 0.2) is 0 Å². The zero-order valence-electron chi connectivity index (χ0n) is 21.7. The number of hydrogen-bond acceptors (Lipinski definition) is 5. The van der Waals surface area contributed by atoms with E-state index in [-0.39, 0.29) is 0 Å². The number of fused-ring (bicyclic) bond motifs is 1. The Morgan fingerprint density at radius 2 is 1.80 bits per heavy atom. The lowest BCUT2D eigenvalue weighted by Crippen LogP contribution is -2.28. The van der Waals surface area contributed by atoms with Crippen LogP contribution in [0.5, 0.6) is 0 Å². The fourth-order valence-electron chi connectivity index (χ4n) is 5.67. The molecule has 188 valence electrons. The molecule has 6 nitrogen and oxygen atoms in total. The van der Waals surface area contributed by atoms with Gasteiger partial charge in [-0.05, 0) is 56.9 Å². The van der Waals surface area contributed by atoms with Crippen LogP contribution >= 0.6 is 0 Å². The molecule has 2 aliphatic rings. The zero-order chi connectivity index (χ0) is 24.0. The summed E-state index contributed by atoms with van der Waals surface area (Å²) in [5.41, 5.74) is 5.00. The third-order valence-corrected chi connectivity index (χ3v) is 7.84. The number of aromatic nitrogens is 3. The Bertz CT molecular complexity index is 1080. The number of benzene rings is 1. The van der Waals surface area contributed by atoms with Gasteiger partial charge in [-0.15, -0.1) is 0 Å². The normalized spacial score (nSPS) is 18.7. The lowest BCUT2D eigenvalue weighted by Gasteiger charge is -2.23. The van der Waals surface area contributed by atoms with Crippen LogP contribution in [0.25, 0.3) is 22.2 Å². The number of nitrogens with one attached hydrogen (secondary N) is 1. The van der Waals surface area contributed by atoms with Gasteiger partial charge in [0, 0.05) is 55.6 Å². The molecule has 3 heterocycles. The van der Waals surface area contributed by atoms with E-state index in [1.165, 1.54) is 80.1 Å². The van der Waals surface area contributed by atoms with Crippen molar-refractivity contribution in [3.8, 4) is 11.1 Å². The van der Waals surface area contributed by atoms with Crippen molar-refractivity contribution in [3.63, 3.8) is 0 Å². The Morgan fingerprint density at radius 1 is 0.971 bits per heavy atom. The molecule has 5 rings (SSSR count). The molecule has 1 aliphatic carbocycles. The monoisotopic (exact) mass is 474 g/mol. The molecular formula is C29H42N6. The first kappa shape index (κ1) is 24.3. The molecule has 1 saturated heterocycles. The first-order valence-electron chi connectivity index (χ1n) is 13.8. The van der Waals surface area contributed by atoms with Crippen molar-refractivity contribution in [2.75, 3.05) is 45.1 Å². The summed E-state index contributed by atoms with van der Waals surface area (Å²) in [6.45, 7) is 8.88. The van der Waals surface area contributed by atoms with Crippen LogP contribution in [0.1, 0.15) is 69.9 Å². The summed E-state index contributed by atoms with van der Waals surface area (Å²) in [5, 5.41) is 4.59. The first-order valence-corrected chi connectivity index (χ1v) is 13.8. The summed E-state index contributed by atoms with van der Waals surface area (Å²) in [4.78, 5) is 14.7. The first-order chi connectivity index (χ1) is 17.2. The second-order valence-electron chi connectivity index (χ2n) is 10.6. The maximum atomic E-state index is 5.01. The molecule has 1 aromatic carbocycles. The maximum Gasteiger partial charge on any atom is 0.224 e. The van der Waals surface area contributed by atoms with Gasteiger partial charge >= 0.3 is 0 Å². The number of unbranched alkanes of at least 4 members (excludes halogenated alkanes) is 1. The maximum absolute atomic E-state index is 5.01. The molecule has 3 aromatic rings. The highest BCUT2D eigenvalue weighted by Crippen LogP contribution is 2.36. The van der Waals surface area contributed by atoms with Crippen molar-refractivity contribution < 1.29 is 0 Å². The summed E-state index contributed by atoms with van der Waals surface area (Å²) < 4.78 is 2.46. The van der Waals surface area contributed by atoms with Crippen molar-refractivity contribution in [1.29, 1.82) is 0 Å². The SMILES string of the molecule is CCCCNc1ncc2c(-c3ccc(CN4CCCN(C)CC4)cc3)cn(C3CCCCC3)c2n1. The van der Waals surface area contributed by atoms with Gasteiger partial charge in [0.05, 0.1) is 0 Å². The summed E-state index contributed by atoms with van der Waals surface area (Å²) in [7, 11) is 2.23. The largest absolute Gasteiger partial charge is 0.354 e. The third kappa shape index (κ3) is 5.87. The van der Waals surface area contributed by atoms with Gasteiger partial charge in [0.2, 0.25) is 5.95 Å². The van der Waals surface area contributed by atoms with E-state index in [4.69, 9.17) is 4.98 Å². The van der Waals surface area contributed by atoms with Crippen LogP contribution in [0.4, 0.5) is 5.95 Å². The van der Waals surface area contributed by atoms with Gasteiger partial charge in [0.25, 0.3) is 0 Å². The van der Waals surface area contributed by atoms with Gasteiger partial charge in [-0.25, -0.2) is 4.98 Å². The number of nitrogens with zero attached hydrogens (tertiary/aromatic N) is 5. The van der Waals surface area contributed by atoms with Crippen LogP contribution in [0, 0.1) is 0 Å². The molecule has 0 unspecified atom stereocenters. The minimum atomic E-state index is 0.541. The fraction of sp³-hybridized carbons (Fsp3) is 0.586. The highest BCUT2D eigenvalue weighted by molar-refractivity contribution is 5.94. The van der Waals surface area contributed by atoms with E-state index < -0.39 is 0 Å². The van der Waals surface area contributed by atoms with Gasteiger partial charge in [0.1, 0.15) is 5.65 Å². The summed E-state index contributed by atoms with van der Waals surface area (Å²) in [6.07, 6.45) is 14.4. The van der Waals surface area contributed by atoms with Crippen LogP contribution in [-0.2, 0) is 6.54 Å². The Balaban J connectivity index is 1.40. The molecular weight excluding hydrogens is 432 g/mol. The van der Waals surface area contributed by atoms with Crippen molar-refractivity contribution in [2.45, 2.75) is 70.9 Å². The smallest absolute Gasteiger partial charge is 0.224 e. The van der Waals surface area contributed by atoms with Crippen LogP contribution in [-0.4, -0.2) is 64.1 Å². The van der Waals surface area contributed by atoms with E-state index in [2.05, 4.69) is 69.1 Å². The third-order valence-electron chi connectivity index (χ3n) is 7.84. The molecule has 0 bridgehead atoms. The second kappa shape index (κ2) is 11.5. The average molecular weight is 475 g/mol. The fourth-order valence-corrected chi connectivity index (χ4v) is 5.67. The van der Waals surface area contributed by atoms with Crippen molar-refractivity contribution >= 4 is 17.0 Å². The standard InChI is InChI=1S/C29H42N6/c1-3-4-15-30-29-31-20-26-27(22-35(28(26)32-29)25-9-6-5-7-10-25)24-13-11-23(12-14-24)21-34-17-8-16-33(2)18-19-34/h11-14,20,22,25H,3-10,15-19,21H2,1-2H3,(H,30,31,32). The van der Waals surface area contributed by atoms with Crippen LogP contribution < -0.4 is 5.32 Å². The molecule has 2 aromatic heterocycles. The summed E-state index contributed by atoms with van der Waals surface area (Å²) in [6, 6.07) is 9.77. The van der Waals surface area contributed by atoms with Crippen molar-refractivity contribution in [2.24, 2.45) is 0 Å². The molecule has 0 atom stereocenters. The van der Waals surface area contributed by atoms with E-state index in [1.54, 1.807) is 0 Å². The highest BCUT2D eigenvalue weighted by Gasteiger charge is 2.21. The van der Waals surface area contributed by atoms with E-state index in [0.29, 0.717) is 6.04 Å². The Kier molecular flexibility index (Phi) is 7.99. The number of likely N-dealkylation sites (N-methyl/N-ethyl adjacent to an activating group) is 1. The van der Waals surface area contributed by atoms with Gasteiger partial charge in [-0.3, -0.25) is 4.90 Å². The summed E-state index contributed by atoms with van der Waals surface area (Å²) >= 11 is 0. The Labute approximate surface area is 210 Å². The number of hydrogen-bond donors (Lipinski definition) is 1. The van der Waals surface area contributed by atoms with Crippen LogP contribution in [0.15, 0.2) is 36.7 Å². The number of anilines is 1. The van der Waals surface area contributed by atoms with Gasteiger partial charge < -0.3 is 14.8 Å². The topological polar surface area (TPSA) is 49.2 Å². The quantitative estimate of drug-likeness (QED) is 0.409. The van der Waals surface area contributed by atoms with Crippen molar-refractivity contribution in [3.05, 3.63) is 42.2 Å². The van der Waals surface area contributed by atoms with E-state index in [9.17, 15) is 0 Å². The van der Waals surface area contributed by atoms with E-state index >= 15 is 0 Å². The molecule has 1 N–H and O–H groups in total. The minimum Gasteiger partial charge on any atom is -0.354 e. The van der Waals surface area contributed by atoms with Gasteiger partial charge in [-0.2, -0.15) is 4.98 Å². The predicted octanol–water partition coefficient (Wildman–Crippen LogP) is 5.95. The Hall–Kier alpha value is -2.44. The molecule has 0 amide bonds. The van der Waals surface area contributed by atoms with Crippen LogP contribution in [0.2, 0.25) is 0 Å². The molecule has 1 aliphatic heterocycles. The van der Waals surface area contributed by atoms with Crippen molar-refractivity contribution in [1.82, 2.24) is 24.3 Å². The minimum absolute atomic E-state index is 0.541. The van der Waals surface area contributed by atoms with E-state index in [1.807, 2.05) is 6.20 Å². The molecule has 35 heavy (non-hydrogen) atoms. The van der Waals surface area contributed by atoms with Gasteiger partial charge in [-0.1, -0.05) is 56.9 Å². The lowest BCUT2D eigenvalue weighted by atomic mass is 9.95. The number of rotatable bonds is 8. The highest BCUT2D eigenvalue weighted by atomic mass is 15.2. The van der Waals surface area contributed by atoms with E-state index in [0.717, 1.165) is 44.2 Å². The molecule has 1 saturated carbocycles.